The van der Waals surface area contributed by atoms with E-state index in [1.807, 2.05) is 36.2 Å². The lowest BCUT2D eigenvalue weighted by Crippen LogP contribution is -2.11. The maximum absolute atomic E-state index is 13.1. The first-order valence-corrected chi connectivity index (χ1v) is 5.92. The molecule has 3 rings (SSSR count). The first-order valence-electron chi connectivity index (χ1n) is 5.92. The van der Waals surface area contributed by atoms with Gasteiger partial charge in [-0.2, -0.15) is 0 Å². The molecule has 1 aromatic heterocycles. The second-order valence-electron chi connectivity index (χ2n) is 4.38. The number of hydrogen-bond acceptors (Lipinski definition) is 3. The average molecular weight is 256 g/mol. The third-order valence-corrected chi connectivity index (χ3v) is 3.17. The zero-order valence-electron chi connectivity index (χ0n) is 10.4. The van der Waals surface area contributed by atoms with Gasteiger partial charge in [0, 0.05) is 12.4 Å². The maximum atomic E-state index is 13.1. The summed E-state index contributed by atoms with van der Waals surface area (Å²) >= 11 is 0. The van der Waals surface area contributed by atoms with E-state index in [0.717, 1.165) is 22.3 Å². The van der Waals surface area contributed by atoms with Gasteiger partial charge in [-0.3, -0.25) is 0 Å². The molecular formula is C15H13FN2O. The van der Waals surface area contributed by atoms with Crippen LogP contribution in [0.25, 0.3) is 11.0 Å². The molecule has 0 radical (unpaired) electrons. The van der Waals surface area contributed by atoms with Crippen LogP contribution in [0.5, 0.6) is 0 Å². The molecule has 0 bridgehead atoms. The number of para-hydroxylation sites is 1. The molecule has 3 nitrogen and oxygen atoms in total. The second-order valence-corrected chi connectivity index (χ2v) is 4.38. The normalized spacial score (nSPS) is 10.8. The van der Waals surface area contributed by atoms with Crippen LogP contribution < -0.4 is 10.6 Å². The summed E-state index contributed by atoms with van der Waals surface area (Å²) < 4.78 is 18.6. The van der Waals surface area contributed by atoms with E-state index in [-0.39, 0.29) is 5.82 Å². The number of halogens is 1. The summed E-state index contributed by atoms with van der Waals surface area (Å²) in [5.41, 5.74) is 8.71. The first-order chi connectivity index (χ1) is 9.16. The van der Waals surface area contributed by atoms with Gasteiger partial charge < -0.3 is 15.1 Å². The molecule has 0 fully saturated rings. The first kappa shape index (κ1) is 11.6. The Morgan fingerprint density at radius 2 is 1.89 bits per heavy atom. The number of hydrogen-bond donors (Lipinski definition) is 1. The molecule has 0 amide bonds. The third-order valence-electron chi connectivity index (χ3n) is 3.17. The van der Waals surface area contributed by atoms with Gasteiger partial charge in [0.15, 0.2) is 0 Å². The van der Waals surface area contributed by atoms with Crippen molar-refractivity contribution in [2.45, 2.75) is 0 Å². The second kappa shape index (κ2) is 4.31. The molecule has 19 heavy (non-hydrogen) atoms. The Labute approximate surface area is 110 Å². The summed E-state index contributed by atoms with van der Waals surface area (Å²) in [7, 11) is 1.88. The highest BCUT2D eigenvalue weighted by atomic mass is 19.1. The van der Waals surface area contributed by atoms with Crippen molar-refractivity contribution in [3.63, 3.8) is 0 Å². The molecule has 2 N–H and O–H groups in total. The van der Waals surface area contributed by atoms with E-state index < -0.39 is 0 Å². The third kappa shape index (κ3) is 1.91. The van der Waals surface area contributed by atoms with Crippen molar-refractivity contribution < 1.29 is 8.81 Å². The maximum Gasteiger partial charge on any atom is 0.136 e. The Morgan fingerprint density at radius 1 is 1.11 bits per heavy atom. The van der Waals surface area contributed by atoms with Crippen molar-refractivity contribution in [2.24, 2.45) is 0 Å². The van der Waals surface area contributed by atoms with Crippen LogP contribution in [0.4, 0.5) is 21.5 Å². The highest BCUT2D eigenvalue weighted by Crippen LogP contribution is 2.35. The molecule has 0 aliphatic rings. The Balaban J connectivity index is 2.10. The molecule has 2 aromatic carbocycles. The standard InChI is InChI=1S/C15H13FN2O/c1-18(13-7-6-10(16)8-12(13)17)14-9-19-15-5-3-2-4-11(14)15/h2-9H,17H2,1H3. The van der Waals surface area contributed by atoms with Crippen molar-refractivity contribution >= 4 is 28.0 Å². The number of furan rings is 1. The Kier molecular flexibility index (Phi) is 2.63. The van der Waals surface area contributed by atoms with Crippen LogP contribution in [0.1, 0.15) is 0 Å². The topological polar surface area (TPSA) is 42.4 Å². The van der Waals surface area contributed by atoms with Gasteiger partial charge >= 0.3 is 0 Å². The Bertz CT molecular complexity index is 736. The molecule has 4 heteroatoms. The fourth-order valence-corrected chi connectivity index (χ4v) is 2.18. The summed E-state index contributed by atoms with van der Waals surface area (Å²) in [6, 6.07) is 12.1. The summed E-state index contributed by atoms with van der Waals surface area (Å²) in [5.74, 6) is -0.341. The average Bonchev–Trinajstić information content (AvgIpc) is 2.82. The molecule has 0 aliphatic heterocycles. The number of nitrogens with zero attached hydrogens (tertiary/aromatic N) is 1. The van der Waals surface area contributed by atoms with E-state index in [9.17, 15) is 4.39 Å². The van der Waals surface area contributed by atoms with Gasteiger partial charge in [-0.15, -0.1) is 0 Å². The van der Waals surface area contributed by atoms with Crippen LogP contribution in [-0.2, 0) is 0 Å². The predicted octanol–water partition coefficient (Wildman–Crippen LogP) is 3.92. The lowest BCUT2D eigenvalue weighted by Gasteiger charge is -2.19. The van der Waals surface area contributed by atoms with E-state index >= 15 is 0 Å². The monoisotopic (exact) mass is 256 g/mol. The zero-order chi connectivity index (χ0) is 13.4. The minimum atomic E-state index is -0.341. The van der Waals surface area contributed by atoms with E-state index in [1.54, 1.807) is 12.3 Å². The molecule has 0 aliphatic carbocycles. The molecule has 0 saturated carbocycles. The summed E-state index contributed by atoms with van der Waals surface area (Å²) in [4.78, 5) is 1.89. The van der Waals surface area contributed by atoms with E-state index in [2.05, 4.69) is 0 Å². The van der Waals surface area contributed by atoms with Gasteiger partial charge in [0.25, 0.3) is 0 Å². The number of nitrogens with two attached hydrogens (primary N) is 1. The summed E-state index contributed by atoms with van der Waals surface area (Å²) in [6.45, 7) is 0. The summed E-state index contributed by atoms with van der Waals surface area (Å²) in [5, 5.41) is 0.994. The smallest absolute Gasteiger partial charge is 0.136 e. The molecular weight excluding hydrogens is 243 g/mol. The Morgan fingerprint density at radius 3 is 2.68 bits per heavy atom. The van der Waals surface area contributed by atoms with Crippen molar-refractivity contribution in [3.05, 3.63) is 54.5 Å². The number of benzene rings is 2. The lowest BCUT2D eigenvalue weighted by molar-refractivity contribution is 0.616. The van der Waals surface area contributed by atoms with Gasteiger partial charge in [-0.1, -0.05) is 12.1 Å². The SMILES string of the molecule is CN(c1ccc(F)cc1N)c1coc2ccccc12. The van der Waals surface area contributed by atoms with Crippen LogP contribution in [0.2, 0.25) is 0 Å². The van der Waals surface area contributed by atoms with E-state index in [4.69, 9.17) is 10.2 Å². The quantitative estimate of drug-likeness (QED) is 0.706. The van der Waals surface area contributed by atoms with Crippen LogP contribution in [-0.4, -0.2) is 7.05 Å². The highest BCUT2D eigenvalue weighted by Gasteiger charge is 2.13. The molecule has 96 valence electrons. The molecule has 0 unspecified atom stereocenters. The van der Waals surface area contributed by atoms with Crippen LogP contribution in [0.15, 0.2) is 53.1 Å². The van der Waals surface area contributed by atoms with Crippen molar-refractivity contribution in [3.8, 4) is 0 Å². The number of anilines is 3. The Hall–Kier alpha value is -2.49. The van der Waals surface area contributed by atoms with Crippen LogP contribution in [0.3, 0.4) is 0 Å². The van der Waals surface area contributed by atoms with Crippen molar-refractivity contribution in [2.75, 3.05) is 17.7 Å². The van der Waals surface area contributed by atoms with Crippen molar-refractivity contribution in [1.82, 2.24) is 0 Å². The van der Waals surface area contributed by atoms with Gasteiger partial charge in [-0.05, 0) is 30.3 Å². The minimum Gasteiger partial charge on any atom is -0.462 e. The minimum absolute atomic E-state index is 0.341. The number of fused-ring (bicyclic) bond motifs is 1. The van der Waals surface area contributed by atoms with Crippen LogP contribution >= 0.6 is 0 Å². The summed E-state index contributed by atoms with van der Waals surface area (Å²) in [6.07, 6.45) is 1.67. The zero-order valence-corrected chi connectivity index (χ0v) is 10.4. The van der Waals surface area contributed by atoms with Gasteiger partial charge in [0.2, 0.25) is 0 Å². The molecule has 3 aromatic rings. The predicted molar refractivity (Wildman–Crippen MR) is 75.1 cm³/mol. The number of rotatable bonds is 2. The van der Waals surface area contributed by atoms with E-state index in [1.165, 1.54) is 12.1 Å². The highest BCUT2D eigenvalue weighted by molar-refractivity contribution is 5.94. The fourth-order valence-electron chi connectivity index (χ4n) is 2.18. The van der Waals surface area contributed by atoms with Crippen LogP contribution in [0, 0.1) is 5.82 Å². The molecule has 0 saturated heterocycles. The van der Waals surface area contributed by atoms with Crippen molar-refractivity contribution in [1.29, 1.82) is 0 Å². The van der Waals surface area contributed by atoms with Gasteiger partial charge in [0.05, 0.1) is 17.1 Å². The largest absolute Gasteiger partial charge is 0.462 e. The molecule has 0 atom stereocenters. The van der Waals surface area contributed by atoms with Gasteiger partial charge in [0.1, 0.15) is 17.7 Å². The molecule has 0 spiro atoms. The molecule has 1 heterocycles. The van der Waals surface area contributed by atoms with Gasteiger partial charge in [-0.25, -0.2) is 4.39 Å². The lowest BCUT2D eigenvalue weighted by atomic mass is 10.2. The number of nitrogen functional groups attached to an aromatic ring is 1. The van der Waals surface area contributed by atoms with E-state index in [0.29, 0.717) is 5.69 Å². The fraction of sp³-hybridized carbons (Fsp3) is 0.0667.